The van der Waals surface area contributed by atoms with E-state index in [4.69, 9.17) is 9.88 Å². The normalized spacial score (nSPS) is 20.8. The van der Waals surface area contributed by atoms with Crippen molar-refractivity contribution >= 4 is 33.5 Å². The molecule has 3 rings (SSSR count). The minimum atomic E-state index is -3.61. The van der Waals surface area contributed by atoms with Crippen LogP contribution in [0.4, 0.5) is 0 Å². The summed E-state index contributed by atoms with van der Waals surface area (Å²) in [4.78, 5) is 1.20. The molecule has 0 saturated carbocycles. The highest BCUT2D eigenvalue weighted by Crippen LogP contribution is 2.49. The van der Waals surface area contributed by atoms with Crippen molar-refractivity contribution in [2.45, 2.75) is 11.0 Å². The molecule has 0 aromatic heterocycles. The quantitative estimate of drug-likeness (QED) is 0.901. The van der Waals surface area contributed by atoms with Crippen molar-refractivity contribution in [2.75, 3.05) is 7.11 Å². The van der Waals surface area contributed by atoms with Crippen LogP contribution in [0.3, 0.4) is 0 Å². The number of rotatable bonds is 4. The van der Waals surface area contributed by atoms with Crippen LogP contribution in [0.2, 0.25) is 0 Å². The zero-order valence-electron chi connectivity index (χ0n) is 11.9. The summed E-state index contributed by atoms with van der Waals surface area (Å²) < 4.78 is 28.3. The van der Waals surface area contributed by atoms with Gasteiger partial charge in [-0.05, 0) is 34.3 Å². The molecule has 1 atom stereocenters. The number of thioether (sulfide) groups is 2. The van der Waals surface area contributed by atoms with Gasteiger partial charge in [0, 0.05) is 6.42 Å². The van der Waals surface area contributed by atoms with Gasteiger partial charge in [-0.3, -0.25) is 0 Å². The van der Waals surface area contributed by atoms with Crippen LogP contribution in [0.15, 0.2) is 57.2 Å². The highest BCUT2D eigenvalue weighted by molar-refractivity contribution is 8.27. The smallest absolute Gasteiger partial charge is 0.244 e. The molecule has 0 radical (unpaired) electrons. The molecule has 1 aromatic carbocycles. The van der Waals surface area contributed by atoms with E-state index in [0.29, 0.717) is 0 Å². The van der Waals surface area contributed by atoms with Crippen LogP contribution in [-0.4, -0.2) is 20.1 Å². The number of hydrogen-bond acceptors (Lipinski definition) is 5. The van der Waals surface area contributed by atoms with Gasteiger partial charge in [0.1, 0.15) is 9.99 Å². The van der Waals surface area contributed by atoms with Crippen molar-refractivity contribution in [1.29, 1.82) is 0 Å². The highest BCUT2D eigenvalue weighted by Gasteiger charge is 2.31. The molecule has 4 nitrogen and oxygen atoms in total. The van der Waals surface area contributed by atoms with E-state index in [1.54, 1.807) is 24.9 Å². The molecule has 7 heteroatoms. The van der Waals surface area contributed by atoms with Gasteiger partial charge in [0.05, 0.1) is 11.7 Å². The van der Waals surface area contributed by atoms with Crippen molar-refractivity contribution < 1.29 is 13.2 Å². The molecule has 2 N–H and O–H groups in total. The van der Waals surface area contributed by atoms with Crippen LogP contribution >= 0.6 is 23.5 Å². The fourth-order valence-electron chi connectivity index (χ4n) is 2.19. The molecule has 2 aliphatic heterocycles. The Morgan fingerprint density at radius 1 is 1.18 bits per heavy atom. The van der Waals surface area contributed by atoms with Gasteiger partial charge in [0.25, 0.3) is 0 Å². The first-order chi connectivity index (χ1) is 10.5. The molecule has 0 bridgehead atoms. The fraction of sp³-hybridized carbons (Fsp3) is 0.200. The Hall–Kier alpha value is -1.15. The minimum Gasteiger partial charge on any atom is -0.497 e. The Morgan fingerprint density at radius 3 is 2.55 bits per heavy atom. The maximum atomic E-state index is 11.4. The average Bonchev–Trinajstić information content (AvgIpc) is 2.91. The molecular formula is C15H15NO3S3. The van der Waals surface area contributed by atoms with Crippen LogP contribution < -0.4 is 9.88 Å². The predicted octanol–water partition coefficient (Wildman–Crippen LogP) is 3.00. The Labute approximate surface area is 138 Å². The van der Waals surface area contributed by atoms with Gasteiger partial charge < -0.3 is 4.74 Å². The summed E-state index contributed by atoms with van der Waals surface area (Å²) in [5, 5.41) is 5.20. The average molecular weight is 353 g/mol. The monoisotopic (exact) mass is 353 g/mol. The SMILES string of the molecule is COc1ccc(CC2=CC=C3C=C(S(N)(=O)=O)SC3S2)cc1. The zero-order valence-corrected chi connectivity index (χ0v) is 14.3. The van der Waals surface area contributed by atoms with Crippen LogP contribution in [0.25, 0.3) is 0 Å². The molecule has 0 spiro atoms. The Balaban J connectivity index is 1.73. The lowest BCUT2D eigenvalue weighted by Crippen LogP contribution is -2.11. The topological polar surface area (TPSA) is 69.4 Å². The maximum absolute atomic E-state index is 11.4. The summed E-state index contributed by atoms with van der Waals surface area (Å²) in [5.41, 5.74) is 2.19. The van der Waals surface area contributed by atoms with Gasteiger partial charge >= 0.3 is 0 Å². The van der Waals surface area contributed by atoms with E-state index < -0.39 is 10.0 Å². The van der Waals surface area contributed by atoms with Gasteiger partial charge in [-0.15, -0.1) is 11.8 Å². The third-order valence-electron chi connectivity index (χ3n) is 3.32. The number of ether oxygens (including phenoxy) is 1. The zero-order chi connectivity index (χ0) is 15.7. The van der Waals surface area contributed by atoms with Crippen molar-refractivity contribution in [1.82, 2.24) is 0 Å². The summed E-state index contributed by atoms with van der Waals surface area (Å²) in [5.74, 6) is 0.838. The largest absolute Gasteiger partial charge is 0.497 e. The van der Waals surface area contributed by atoms with E-state index in [2.05, 4.69) is 0 Å². The number of methoxy groups -OCH3 is 1. The summed E-state index contributed by atoms with van der Waals surface area (Å²) in [6.07, 6.45) is 6.51. The molecular weight excluding hydrogens is 338 g/mol. The lowest BCUT2D eigenvalue weighted by molar-refractivity contribution is 0.414. The maximum Gasteiger partial charge on any atom is 0.244 e. The van der Waals surface area contributed by atoms with Crippen LogP contribution in [0.1, 0.15) is 5.56 Å². The second-order valence-electron chi connectivity index (χ2n) is 4.90. The van der Waals surface area contributed by atoms with Crippen molar-refractivity contribution in [3.8, 4) is 5.75 Å². The van der Waals surface area contributed by atoms with Gasteiger partial charge in [0.2, 0.25) is 10.0 Å². The molecule has 116 valence electrons. The van der Waals surface area contributed by atoms with Crippen molar-refractivity contribution in [3.63, 3.8) is 0 Å². The van der Waals surface area contributed by atoms with E-state index >= 15 is 0 Å². The van der Waals surface area contributed by atoms with E-state index in [9.17, 15) is 8.42 Å². The number of fused-ring (bicyclic) bond motifs is 1. The number of benzene rings is 1. The van der Waals surface area contributed by atoms with Gasteiger partial charge in [-0.2, -0.15) is 0 Å². The lowest BCUT2D eigenvalue weighted by Gasteiger charge is -2.18. The number of hydrogen-bond donors (Lipinski definition) is 1. The molecule has 1 aromatic rings. The number of allylic oxidation sites excluding steroid dienone is 4. The molecule has 0 fully saturated rings. The Kier molecular flexibility index (Phi) is 4.40. The van der Waals surface area contributed by atoms with Crippen molar-refractivity contribution in [2.24, 2.45) is 5.14 Å². The Bertz CT molecular complexity index is 777. The summed E-state index contributed by atoms with van der Waals surface area (Å²) in [6, 6.07) is 7.95. The molecule has 2 heterocycles. The third-order valence-corrected chi connectivity index (χ3v) is 7.47. The standard InChI is InChI=1S/C15H15NO3S3/c1-19-12-5-2-10(3-6-12)8-13-7-4-11-9-14(22(16,17)18)21-15(11)20-13/h2-7,9,15H,8H2,1H3,(H2,16,17,18). The first kappa shape index (κ1) is 15.7. The van der Waals surface area contributed by atoms with Crippen LogP contribution in [-0.2, 0) is 16.4 Å². The highest BCUT2D eigenvalue weighted by atomic mass is 32.3. The van der Waals surface area contributed by atoms with Crippen LogP contribution in [0.5, 0.6) is 5.75 Å². The summed E-state index contributed by atoms with van der Waals surface area (Å²) in [7, 11) is -1.96. The summed E-state index contributed by atoms with van der Waals surface area (Å²) in [6.45, 7) is 0. The molecule has 22 heavy (non-hydrogen) atoms. The number of primary sulfonamides is 1. The predicted molar refractivity (Wildman–Crippen MR) is 93.0 cm³/mol. The lowest BCUT2D eigenvalue weighted by atomic mass is 10.1. The number of nitrogens with two attached hydrogens (primary N) is 1. The molecule has 1 unspecified atom stereocenters. The second kappa shape index (κ2) is 6.16. The van der Waals surface area contributed by atoms with Crippen LogP contribution in [0, 0.1) is 0 Å². The fourth-order valence-corrected chi connectivity index (χ4v) is 6.03. The van der Waals surface area contributed by atoms with E-state index in [1.165, 1.54) is 22.2 Å². The van der Waals surface area contributed by atoms with Gasteiger partial charge in [0.15, 0.2) is 0 Å². The molecule has 2 aliphatic rings. The van der Waals surface area contributed by atoms with Gasteiger partial charge in [-0.25, -0.2) is 13.6 Å². The third kappa shape index (κ3) is 3.43. The van der Waals surface area contributed by atoms with Gasteiger partial charge in [-0.1, -0.05) is 36.0 Å². The molecule has 0 saturated heterocycles. The van der Waals surface area contributed by atoms with Crippen molar-refractivity contribution in [3.05, 3.63) is 62.8 Å². The van der Waals surface area contributed by atoms with E-state index in [-0.39, 0.29) is 8.82 Å². The molecule has 0 aliphatic carbocycles. The first-order valence-corrected chi connectivity index (χ1v) is 9.88. The number of sulfonamides is 1. The minimum absolute atomic E-state index is 0.0755. The van der Waals surface area contributed by atoms with E-state index in [0.717, 1.165) is 17.7 Å². The summed E-state index contributed by atoms with van der Waals surface area (Å²) >= 11 is 2.98. The van der Waals surface area contributed by atoms with E-state index in [1.807, 2.05) is 36.4 Å². The second-order valence-corrected chi connectivity index (χ2v) is 9.37. The first-order valence-electron chi connectivity index (χ1n) is 6.57. The molecule has 0 amide bonds. The Morgan fingerprint density at radius 2 is 1.91 bits per heavy atom.